The molecule has 0 saturated carbocycles. The number of benzene rings is 1. The van der Waals surface area contributed by atoms with Crippen molar-refractivity contribution in [1.29, 1.82) is 0 Å². The summed E-state index contributed by atoms with van der Waals surface area (Å²) in [6, 6.07) is 6.75. The van der Waals surface area contributed by atoms with Gasteiger partial charge >= 0.3 is 6.18 Å². The molecule has 2 aromatic rings. The van der Waals surface area contributed by atoms with Gasteiger partial charge in [0.05, 0.1) is 11.1 Å². The van der Waals surface area contributed by atoms with Crippen molar-refractivity contribution < 1.29 is 18.0 Å². The van der Waals surface area contributed by atoms with Gasteiger partial charge in [-0.05, 0) is 52.7 Å². The number of alkyl halides is 3. The third-order valence-electron chi connectivity index (χ3n) is 2.79. The molecule has 0 atom stereocenters. The number of nitrogens with one attached hydrogen (secondary N) is 1. The number of pyridine rings is 1. The molecule has 21 heavy (non-hydrogen) atoms. The average Bonchev–Trinajstić information content (AvgIpc) is 2.40. The van der Waals surface area contributed by atoms with E-state index in [2.05, 4.69) is 26.2 Å². The second-order valence-electron chi connectivity index (χ2n) is 4.35. The minimum Gasteiger partial charge on any atom is -0.322 e. The first-order chi connectivity index (χ1) is 9.77. The molecule has 1 aromatic heterocycles. The van der Waals surface area contributed by atoms with Crippen molar-refractivity contribution in [3.8, 4) is 0 Å². The molecule has 1 amide bonds. The van der Waals surface area contributed by atoms with Gasteiger partial charge in [-0.15, -0.1) is 0 Å². The number of carbonyl (C=O) groups is 1. The van der Waals surface area contributed by atoms with Crippen molar-refractivity contribution in [1.82, 2.24) is 4.98 Å². The number of aryl methyl sites for hydroxylation is 1. The molecule has 3 nitrogen and oxygen atoms in total. The van der Waals surface area contributed by atoms with Crippen molar-refractivity contribution in [3.05, 3.63) is 57.8 Å². The Morgan fingerprint density at radius 2 is 1.95 bits per heavy atom. The highest BCUT2D eigenvalue weighted by molar-refractivity contribution is 9.10. The number of hydrogen-bond acceptors (Lipinski definition) is 2. The van der Waals surface area contributed by atoms with Crippen LogP contribution in [-0.4, -0.2) is 10.9 Å². The van der Waals surface area contributed by atoms with Gasteiger partial charge in [-0.2, -0.15) is 13.2 Å². The summed E-state index contributed by atoms with van der Waals surface area (Å²) in [6.07, 6.45) is -3.12. The van der Waals surface area contributed by atoms with E-state index in [1.54, 1.807) is 6.07 Å². The van der Waals surface area contributed by atoms with Crippen LogP contribution >= 0.6 is 15.9 Å². The summed E-state index contributed by atoms with van der Waals surface area (Å²) in [5.74, 6) is -0.521. The van der Waals surface area contributed by atoms with Crippen LogP contribution in [0.1, 0.15) is 21.5 Å². The fraction of sp³-hybridized carbons (Fsp3) is 0.143. The van der Waals surface area contributed by atoms with Gasteiger partial charge in [-0.1, -0.05) is 6.07 Å². The molecule has 0 radical (unpaired) electrons. The maximum atomic E-state index is 12.8. The summed E-state index contributed by atoms with van der Waals surface area (Å²) in [4.78, 5) is 15.8. The van der Waals surface area contributed by atoms with Crippen LogP contribution < -0.4 is 5.32 Å². The fourth-order valence-corrected chi connectivity index (χ4v) is 1.95. The molecule has 0 aliphatic rings. The Morgan fingerprint density at radius 1 is 1.24 bits per heavy atom. The van der Waals surface area contributed by atoms with Gasteiger partial charge in [0.15, 0.2) is 0 Å². The molecule has 1 heterocycles. The van der Waals surface area contributed by atoms with Gasteiger partial charge in [0.25, 0.3) is 5.91 Å². The van der Waals surface area contributed by atoms with Gasteiger partial charge in [0.2, 0.25) is 0 Å². The zero-order chi connectivity index (χ0) is 15.6. The normalized spacial score (nSPS) is 11.3. The van der Waals surface area contributed by atoms with E-state index in [0.717, 1.165) is 6.07 Å². The molecular weight excluding hydrogens is 349 g/mol. The van der Waals surface area contributed by atoms with E-state index in [9.17, 15) is 18.0 Å². The first-order valence-electron chi connectivity index (χ1n) is 5.88. The molecule has 0 spiro atoms. The molecule has 0 unspecified atom stereocenters. The van der Waals surface area contributed by atoms with Gasteiger partial charge in [-0.25, -0.2) is 4.98 Å². The first-order valence-corrected chi connectivity index (χ1v) is 6.67. The summed E-state index contributed by atoms with van der Waals surface area (Å²) in [6.45, 7) is 1.37. The molecule has 7 heteroatoms. The van der Waals surface area contributed by atoms with Crippen molar-refractivity contribution in [2.24, 2.45) is 0 Å². The number of aromatic nitrogens is 1. The van der Waals surface area contributed by atoms with Crippen LogP contribution in [0.4, 0.5) is 18.9 Å². The van der Waals surface area contributed by atoms with E-state index in [1.165, 1.54) is 31.3 Å². The second kappa shape index (κ2) is 5.85. The predicted octanol–water partition coefficient (Wildman–Crippen LogP) is 4.42. The Labute approximate surface area is 127 Å². The number of carbonyl (C=O) groups excluding carboxylic acids is 1. The van der Waals surface area contributed by atoms with E-state index in [1.807, 2.05) is 0 Å². The monoisotopic (exact) mass is 358 g/mol. The van der Waals surface area contributed by atoms with Crippen LogP contribution in [0.2, 0.25) is 0 Å². The van der Waals surface area contributed by atoms with Crippen LogP contribution in [0.3, 0.4) is 0 Å². The minimum atomic E-state index is -4.45. The molecule has 0 saturated heterocycles. The maximum Gasteiger partial charge on any atom is 0.416 e. The van der Waals surface area contributed by atoms with E-state index >= 15 is 0 Å². The lowest BCUT2D eigenvalue weighted by Gasteiger charge is -2.12. The predicted molar refractivity (Wildman–Crippen MR) is 76.1 cm³/mol. The van der Waals surface area contributed by atoms with Crippen molar-refractivity contribution >= 4 is 27.5 Å². The van der Waals surface area contributed by atoms with Crippen LogP contribution in [0.25, 0.3) is 0 Å². The second-order valence-corrected chi connectivity index (χ2v) is 5.16. The highest BCUT2D eigenvalue weighted by atomic mass is 79.9. The Bertz CT molecular complexity index is 669. The van der Waals surface area contributed by atoms with Gasteiger partial charge in [0, 0.05) is 11.9 Å². The number of rotatable bonds is 2. The number of halogens is 4. The van der Waals surface area contributed by atoms with Gasteiger partial charge < -0.3 is 5.32 Å². The van der Waals surface area contributed by atoms with Gasteiger partial charge in [0.1, 0.15) is 4.60 Å². The van der Waals surface area contributed by atoms with Crippen molar-refractivity contribution in [2.75, 3.05) is 5.32 Å². The maximum absolute atomic E-state index is 12.8. The highest BCUT2D eigenvalue weighted by Crippen LogP contribution is 2.33. The molecule has 2 rings (SSSR count). The van der Waals surface area contributed by atoms with Crippen molar-refractivity contribution in [3.63, 3.8) is 0 Å². The topological polar surface area (TPSA) is 42.0 Å². The van der Waals surface area contributed by atoms with Crippen molar-refractivity contribution in [2.45, 2.75) is 13.1 Å². The SMILES string of the molecule is Cc1ccc(NC(=O)c2ccc(Br)nc2)cc1C(F)(F)F. The average molecular weight is 359 g/mol. The Hall–Kier alpha value is -1.89. The molecule has 1 aromatic carbocycles. The van der Waals surface area contributed by atoms with Gasteiger partial charge in [-0.3, -0.25) is 4.79 Å². The lowest BCUT2D eigenvalue weighted by molar-refractivity contribution is -0.138. The molecule has 1 N–H and O–H groups in total. The summed E-state index contributed by atoms with van der Waals surface area (Å²) >= 11 is 3.13. The highest BCUT2D eigenvalue weighted by Gasteiger charge is 2.32. The lowest BCUT2D eigenvalue weighted by atomic mass is 10.1. The van der Waals surface area contributed by atoms with E-state index in [0.29, 0.717) is 4.60 Å². The number of hydrogen-bond donors (Lipinski definition) is 1. The molecule has 110 valence electrons. The quantitative estimate of drug-likeness (QED) is 0.807. The van der Waals surface area contributed by atoms with E-state index in [4.69, 9.17) is 0 Å². The van der Waals surface area contributed by atoms with E-state index < -0.39 is 17.6 Å². The summed E-state index contributed by atoms with van der Waals surface area (Å²) in [5.41, 5.74) is -0.326. The zero-order valence-corrected chi connectivity index (χ0v) is 12.4. The molecule has 0 fully saturated rings. The zero-order valence-electron chi connectivity index (χ0n) is 10.8. The molecule has 0 aliphatic carbocycles. The Balaban J connectivity index is 2.24. The lowest BCUT2D eigenvalue weighted by Crippen LogP contribution is -2.14. The summed E-state index contributed by atoms with van der Waals surface area (Å²) in [5, 5.41) is 2.42. The minimum absolute atomic E-state index is 0.0841. The fourth-order valence-electron chi connectivity index (χ4n) is 1.72. The smallest absolute Gasteiger partial charge is 0.322 e. The number of nitrogens with zero attached hydrogens (tertiary/aromatic N) is 1. The molecule has 0 aliphatic heterocycles. The Morgan fingerprint density at radius 3 is 2.52 bits per heavy atom. The van der Waals surface area contributed by atoms with Crippen LogP contribution in [-0.2, 0) is 6.18 Å². The summed E-state index contributed by atoms with van der Waals surface area (Å²) in [7, 11) is 0. The number of amides is 1. The van der Waals surface area contributed by atoms with E-state index in [-0.39, 0.29) is 16.8 Å². The van der Waals surface area contributed by atoms with Crippen LogP contribution in [0, 0.1) is 6.92 Å². The van der Waals surface area contributed by atoms with Crippen LogP contribution in [0.15, 0.2) is 41.1 Å². The van der Waals surface area contributed by atoms with Crippen LogP contribution in [0.5, 0.6) is 0 Å². The first kappa shape index (κ1) is 15.5. The third kappa shape index (κ3) is 3.81. The molecule has 0 bridgehead atoms. The summed E-state index contributed by atoms with van der Waals surface area (Å²) < 4.78 is 39.0. The molecular formula is C14H10BrF3N2O. The third-order valence-corrected chi connectivity index (χ3v) is 3.26. The Kier molecular flexibility index (Phi) is 4.32. The standard InChI is InChI=1S/C14H10BrF3N2O/c1-8-2-4-10(6-11(8)14(16,17)18)20-13(21)9-3-5-12(15)19-7-9/h2-7H,1H3,(H,20,21). The number of anilines is 1. The largest absolute Gasteiger partial charge is 0.416 e.